The molecular weight excluding hydrogens is 162 g/mol. The van der Waals surface area contributed by atoms with Crippen LogP contribution in [0.4, 0.5) is 0 Å². The highest BCUT2D eigenvalue weighted by atomic mass is 16.6. The number of rotatable bonds is 1. The van der Waals surface area contributed by atoms with Gasteiger partial charge in [0.1, 0.15) is 0 Å². The van der Waals surface area contributed by atoms with Crippen LogP contribution in [0.15, 0.2) is 0 Å². The van der Waals surface area contributed by atoms with Crippen molar-refractivity contribution in [3.63, 3.8) is 0 Å². The van der Waals surface area contributed by atoms with Gasteiger partial charge < -0.3 is 4.84 Å². The van der Waals surface area contributed by atoms with Crippen LogP contribution >= 0.6 is 0 Å². The van der Waals surface area contributed by atoms with Gasteiger partial charge in [-0.1, -0.05) is 0 Å². The van der Waals surface area contributed by atoms with Crippen molar-refractivity contribution >= 4 is 0 Å². The molecule has 0 heterocycles. The molecule has 2 N–H and O–H groups in total. The van der Waals surface area contributed by atoms with Crippen molar-refractivity contribution in [2.45, 2.75) is 34.6 Å². The van der Waals surface area contributed by atoms with Gasteiger partial charge in [0.15, 0.2) is 5.75 Å². The second-order valence-electron chi connectivity index (χ2n) is 3.57. The zero-order valence-corrected chi connectivity index (χ0v) is 8.99. The predicted molar refractivity (Wildman–Crippen MR) is 54.9 cm³/mol. The topological polar surface area (TPSA) is 35.2 Å². The Bertz CT molecular complexity index is 313. The molecule has 0 aliphatic rings. The van der Waals surface area contributed by atoms with Gasteiger partial charge in [0, 0.05) is 0 Å². The third-order valence-electron chi connectivity index (χ3n) is 3.05. The van der Waals surface area contributed by atoms with Gasteiger partial charge in [0.25, 0.3) is 0 Å². The fourth-order valence-corrected chi connectivity index (χ4v) is 1.64. The maximum Gasteiger partial charge on any atom is 0.153 e. The molecule has 0 saturated carbocycles. The number of nitrogens with two attached hydrogens (primary N) is 1. The van der Waals surface area contributed by atoms with E-state index < -0.39 is 0 Å². The Morgan fingerprint density at radius 1 is 0.692 bits per heavy atom. The zero-order chi connectivity index (χ0) is 10.2. The monoisotopic (exact) mass is 179 g/mol. The van der Waals surface area contributed by atoms with Crippen LogP contribution in [0, 0.1) is 34.6 Å². The summed E-state index contributed by atoms with van der Waals surface area (Å²) in [7, 11) is 0. The van der Waals surface area contributed by atoms with Gasteiger partial charge in [-0.3, -0.25) is 0 Å². The first kappa shape index (κ1) is 10.1. The standard InChI is InChI=1S/C11H17NO/c1-6-7(2)9(4)11(13-12)10(5)8(6)3/h12H2,1-5H3. The highest BCUT2D eigenvalue weighted by Gasteiger charge is 2.12. The molecule has 2 heteroatoms. The summed E-state index contributed by atoms with van der Waals surface area (Å²) >= 11 is 0. The Labute approximate surface area is 79.7 Å². The van der Waals surface area contributed by atoms with Gasteiger partial charge in [-0.2, -0.15) is 5.90 Å². The van der Waals surface area contributed by atoms with Crippen LogP contribution in [0.5, 0.6) is 5.75 Å². The molecule has 0 spiro atoms. The first-order chi connectivity index (χ1) is 6.00. The number of benzene rings is 1. The van der Waals surface area contributed by atoms with Crippen molar-refractivity contribution in [2.24, 2.45) is 5.90 Å². The molecule has 0 unspecified atom stereocenters. The van der Waals surface area contributed by atoms with Crippen LogP contribution in [-0.2, 0) is 0 Å². The summed E-state index contributed by atoms with van der Waals surface area (Å²) < 4.78 is 0. The van der Waals surface area contributed by atoms with E-state index >= 15 is 0 Å². The smallest absolute Gasteiger partial charge is 0.153 e. The lowest BCUT2D eigenvalue weighted by atomic mass is 9.94. The van der Waals surface area contributed by atoms with E-state index in [1.54, 1.807) is 0 Å². The van der Waals surface area contributed by atoms with Crippen LogP contribution < -0.4 is 10.7 Å². The van der Waals surface area contributed by atoms with Gasteiger partial charge >= 0.3 is 0 Å². The van der Waals surface area contributed by atoms with Crippen molar-refractivity contribution in [3.8, 4) is 5.75 Å². The van der Waals surface area contributed by atoms with E-state index in [4.69, 9.17) is 10.7 Å². The Kier molecular flexibility index (Phi) is 2.62. The molecule has 13 heavy (non-hydrogen) atoms. The molecule has 0 radical (unpaired) electrons. The minimum absolute atomic E-state index is 0.820. The molecule has 0 aliphatic heterocycles. The van der Waals surface area contributed by atoms with Gasteiger partial charge in [-0.05, 0) is 62.4 Å². The van der Waals surface area contributed by atoms with E-state index in [-0.39, 0.29) is 0 Å². The molecule has 1 aromatic rings. The Balaban J connectivity index is 3.56. The van der Waals surface area contributed by atoms with E-state index in [2.05, 4.69) is 20.8 Å². The lowest BCUT2D eigenvalue weighted by Crippen LogP contribution is -2.08. The minimum atomic E-state index is 0.820. The van der Waals surface area contributed by atoms with E-state index in [9.17, 15) is 0 Å². The molecule has 72 valence electrons. The molecule has 0 amide bonds. The van der Waals surface area contributed by atoms with E-state index in [1.165, 1.54) is 16.7 Å². The summed E-state index contributed by atoms with van der Waals surface area (Å²) in [5.41, 5.74) is 6.15. The summed E-state index contributed by atoms with van der Waals surface area (Å²) in [5.74, 6) is 6.06. The summed E-state index contributed by atoms with van der Waals surface area (Å²) in [5, 5.41) is 0. The normalized spacial score (nSPS) is 10.3. The van der Waals surface area contributed by atoms with Crippen molar-refractivity contribution in [2.75, 3.05) is 0 Å². The largest absolute Gasteiger partial charge is 0.411 e. The summed E-state index contributed by atoms with van der Waals surface area (Å²) in [6.07, 6.45) is 0. The first-order valence-electron chi connectivity index (χ1n) is 4.44. The van der Waals surface area contributed by atoms with Crippen molar-refractivity contribution in [1.29, 1.82) is 0 Å². The second-order valence-corrected chi connectivity index (χ2v) is 3.57. The average molecular weight is 179 g/mol. The van der Waals surface area contributed by atoms with Gasteiger partial charge in [-0.15, -0.1) is 0 Å². The quantitative estimate of drug-likeness (QED) is 0.672. The number of hydrogen-bond donors (Lipinski definition) is 1. The molecule has 0 aliphatic carbocycles. The van der Waals surface area contributed by atoms with Crippen molar-refractivity contribution in [1.82, 2.24) is 0 Å². The van der Waals surface area contributed by atoms with Gasteiger partial charge in [0.2, 0.25) is 0 Å². The average Bonchev–Trinajstić information content (AvgIpc) is 2.13. The zero-order valence-electron chi connectivity index (χ0n) is 8.99. The van der Waals surface area contributed by atoms with Crippen LogP contribution in [0.25, 0.3) is 0 Å². The van der Waals surface area contributed by atoms with Gasteiger partial charge in [-0.25, -0.2) is 0 Å². The van der Waals surface area contributed by atoms with Crippen LogP contribution in [0.1, 0.15) is 27.8 Å². The molecule has 2 nitrogen and oxygen atoms in total. The molecule has 0 aromatic heterocycles. The van der Waals surface area contributed by atoms with E-state index in [1.807, 2.05) is 13.8 Å². The minimum Gasteiger partial charge on any atom is -0.411 e. The third-order valence-corrected chi connectivity index (χ3v) is 3.05. The van der Waals surface area contributed by atoms with Crippen LogP contribution in [0.3, 0.4) is 0 Å². The summed E-state index contributed by atoms with van der Waals surface area (Å²) in [4.78, 5) is 4.89. The molecular formula is C11H17NO. The highest BCUT2D eigenvalue weighted by molar-refractivity contribution is 5.53. The Morgan fingerprint density at radius 3 is 1.31 bits per heavy atom. The molecule has 0 fully saturated rings. The van der Waals surface area contributed by atoms with Gasteiger partial charge in [0.05, 0.1) is 0 Å². The molecule has 1 rings (SSSR count). The van der Waals surface area contributed by atoms with Crippen LogP contribution in [0.2, 0.25) is 0 Å². The number of hydrogen-bond acceptors (Lipinski definition) is 2. The third kappa shape index (κ3) is 1.42. The predicted octanol–water partition coefficient (Wildman–Crippen LogP) is 2.48. The fourth-order valence-electron chi connectivity index (χ4n) is 1.64. The van der Waals surface area contributed by atoms with E-state index in [0.29, 0.717) is 0 Å². The fraction of sp³-hybridized carbons (Fsp3) is 0.455. The van der Waals surface area contributed by atoms with E-state index in [0.717, 1.165) is 16.9 Å². The second kappa shape index (κ2) is 3.38. The lowest BCUT2D eigenvalue weighted by molar-refractivity contribution is 0.329. The molecule has 0 saturated heterocycles. The maximum atomic E-state index is 5.24. The maximum absolute atomic E-state index is 5.24. The SMILES string of the molecule is Cc1c(C)c(C)c(ON)c(C)c1C. The van der Waals surface area contributed by atoms with Crippen LogP contribution in [-0.4, -0.2) is 0 Å². The first-order valence-corrected chi connectivity index (χ1v) is 4.44. The summed E-state index contributed by atoms with van der Waals surface area (Å²) in [6.45, 7) is 10.4. The summed E-state index contributed by atoms with van der Waals surface area (Å²) in [6, 6.07) is 0. The highest BCUT2D eigenvalue weighted by Crippen LogP contribution is 2.31. The van der Waals surface area contributed by atoms with Crippen molar-refractivity contribution in [3.05, 3.63) is 27.8 Å². The van der Waals surface area contributed by atoms with Crippen molar-refractivity contribution < 1.29 is 4.84 Å². The molecule has 0 atom stereocenters. The lowest BCUT2D eigenvalue weighted by Gasteiger charge is -2.16. The Morgan fingerprint density at radius 2 is 1.00 bits per heavy atom. The molecule has 0 bridgehead atoms. The Hall–Kier alpha value is -1.02. The molecule has 1 aromatic carbocycles.